The van der Waals surface area contributed by atoms with Crippen molar-refractivity contribution in [2.75, 3.05) is 35.0 Å². The van der Waals surface area contributed by atoms with E-state index in [4.69, 9.17) is 18.9 Å². The summed E-state index contributed by atoms with van der Waals surface area (Å²) in [4.78, 5) is 31.2. The molecule has 0 bridgehead atoms. The minimum absolute atomic E-state index is 0.00466. The number of benzene rings is 3. The fourth-order valence-corrected chi connectivity index (χ4v) is 6.61. The van der Waals surface area contributed by atoms with E-state index < -0.39 is 5.97 Å². The predicted octanol–water partition coefficient (Wildman–Crippen LogP) is 6.61. The van der Waals surface area contributed by atoms with E-state index in [-0.39, 0.29) is 17.6 Å². The quantitative estimate of drug-likeness (QED) is 0.147. The van der Waals surface area contributed by atoms with E-state index in [1.807, 2.05) is 84.4 Å². The Kier molecular flexibility index (Phi) is 9.67. The Balaban J connectivity index is 1.71. The minimum Gasteiger partial charge on any atom is -0.497 e. The van der Waals surface area contributed by atoms with E-state index >= 15 is 0 Å². The van der Waals surface area contributed by atoms with E-state index in [9.17, 15) is 9.59 Å². The van der Waals surface area contributed by atoms with Gasteiger partial charge in [-0.25, -0.2) is 4.79 Å². The number of nitrogens with zero attached hydrogens (tertiary/aromatic N) is 2. The molecule has 44 heavy (non-hydrogen) atoms. The fraction of sp³-hybridized carbons (Fsp3) is 0.257. The van der Waals surface area contributed by atoms with Crippen molar-refractivity contribution in [3.05, 3.63) is 111 Å². The maximum atomic E-state index is 14.2. The molecule has 0 saturated heterocycles. The van der Waals surface area contributed by atoms with Gasteiger partial charge in [0.25, 0.3) is 0 Å². The molecule has 9 heteroatoms. The standard InChI is InChI=1S/C35H36N2O6S/c1-6-43-35(39)29-22-37(20-25-11-7-8-13-30(25)42-5)34-31(32(29)38)28(33(44-34)24-14-16-26(40-3)17-15-24)21-36(2)19-23-10-9-12-27(18-23)41-4/h7-18,22H,6,19-21H2,1-5H3. The van der Waals surface area contributed by atoms with Gasteiger partial charge in [-0.1, -0.05) is 30.3 Å². The Hall–Kier alpha value is -4.60. The van der Waals surface area contributed by atoms with Crippen molar-refractivity contribution in [2.45, 2.75) is 26.6 Å². The lowest BCUT2D eigenvalue weighted by molar-refractivity contribution is 0.0524. The molecule has 0 aliphatic rings. The number of methoxy groups -OCH3 is 3. The Morgan fingerprint density at radius 2 is 1.64 bits per heavy atom. The van der Waals surface area contributed by atoms with Gasteiger partial charge < -0.3 is 23.5 Å². The highest BCUT2D eigenvalue weighted by Gasteiger charge is 2.25. The summed E-state index contributed by atoms with van der Waals surface area (Å²) in [6.45, 7) is 3.39. The van der Waals surface area contributed by atoms with Gasteiger partial charge in [-0.2, -0.15) is 0 Å². The molecule has 3 aromatic carbocycles. The van der Waals surface area contributed by atoms with Crippen LogP contribution in [0.1, 0.15) is 34.0 Å². The maximum absolute atomic E-state index is 14.2. The molecule has 0 amide bonds. The third-order valence-electron chi connectivity index (χ3n) is 7.40. The van der Waals surface area contributed by atoms with Gasteiger partial charge in [0.05, 0.1) is 39.9 Å². The second kappa shape index (κ2) is 13.8. The van der Waals surface area contributed by atoms with Crippen LogP contribution in [0.3, 0.4) is 0 Å². The summed E-state index contributed by atoms with van der Waals surface area (Å²) in [5, 5.41) is 0.513. The van der Waals surface area contributed by atoms with E-state index in [1.165, 1.54) is 11.3 Å². The summed E-state index contributed by atoms with van der Waals surface area (Å²) < 4.78 is 23.7. The van der Waals surface area contributed by atoms with Crippen molar-refractivity contribution in [3.8, 4) is 27.7 Å². The lowest BCUT2D eigenvalue weighted by Crippen LogP contribution is -2.23. The number of fused-ring (bicyclic) bond motifs is 1. The molecule has 0 aliphatic carbocycles. The van der Waals surface area contributed by atoms with Gasteiger partial charge in [0, 0.05) is 29.7 Å². The average Bonchev–Trinajstić information content (AvgIpc) is 3.42. The van der Waals surface area contributed by atoms with Crippen LogP contribution in [-0.4, -0.2) is 50.4 Å². The molecule has 0 N–H and O–H groups in total. The van der Waals surface area contributed by atoms with Gasteiger partial charge in [-0.05, 0) is 73.1 Å². The maximum Gasteiger partial charge on any atom is 0.343 e. The third-order valence-corrected chi connectivity index (χ3v) is 8.72. The zero-order chi connectivity index (χ0) is 31.2. The first-order valence-corrected chi connectivity index (χ1v) is 15.1. The molecule has 0 aliphatic heterocycles. The topological polar surface area (TPSA) is 79.2 Å². The number of ether oxygens (including phenoxy) is 4. The summed E-state index contributed by atoms with van der Waals surface area (Å²) in [5.74, 6) is 1.62. The Labute approximate surface area is 261 Å². The van der Waals surface area contributed by atoms with Crippen molar-refractivity contribution in [3.63, 3.8) is 0 Å². The summed E-state index contributed by atoms with van der Waals surface area (Å²) in [6, 6.07) is 23.5. The molecular weight excluding hydrogens is 576 g/mol. The van der Waals surface area contributed by atoms with Gasteiger partial charge >= 0.3 is 5.97 Å². The van der Waals surface area contributed by atoms with Crippen LogP contribution in [0.2, 0.25) is 0 Å². The predicted molar refractivity (Wildman–Crippen MR) is 174 cm³/mol. The number of hydrogen-bond donors (Lipinski definition) is 0. The summed E-state index contributed by atoms with van der Waals surface area (Å²) in [6.07, 6.45) is 1.62. The highest BCUT2D eigenvalue weighted by atomic mass is 32.1. The molecule has 0 radical (unpaired) electrons. The van der Waals surface area contributed by atoms with Crippen LogP contribution in [0.15, 0.2) is 83.8 Å². The number of carbonyl (C=O) groups is 1. The van der Waals surface area contributed by atoms with Crippen molar-refractivity contribution < 1.29 is 23.7 Å². The largest absolute Gasteiger partial charge is 0.497 e. The van der Waals surface area contributed by atoms with Crippen LogP contribution in [0.4, 0.5) is 0 Å². The van der Waals surface area contributed by atoms with Crippen molar-refractivity contribution in [1.29, 1.82) is 0 Å². The normalized spacial score (nSPS) is 11.1. The highest BCUT2D eigenvalue weighted by molar-refractivity contribution is 7.22. The summed E-state index contributed by atoms with van der Waals surface area (Å²) >= 11 is 1.53. The molecule has 0 saturated carbocycles. The number of rotatable bonds is 12. The summed E-state index contributed by atoms with van der Waals surface area (Å²) in [5.41, 5.74) is 3.48. The Bertz CT molecular complexity index is 1830. The van der Waals surface area contributed by atoms with Crippen LogP contribution in [-0.2, 0) is 24.4 Å². The second-order valence-electron chi connectivity index (χ2n) is 10.4. The number of thiophene rings is 1. The first kappa shape index (κ1) is 30.8. The SMILES string of the molecule is CCOC(=O)c1cn(Cc2ccccc2OC)c2sc(-c3ccc(OC)cc3)c(CN(C)Cc3cccc(OC)c3)c2c1=O. The molecular formula is C35H36N2O6S. The van der Waals surface area contributed by atoms with Gasteiger partial charge in [-0.15, -0.1) is 11.3 Å². The number of esters is 1. The zero-order valence-electron chi connectivity index (χ0n) is 25.6. The molecule has 2 aromatic heterocycles. The van der Waals surface area contributed by atoms with Crippen molar-refractivity contribution >= 4 is 27.5 Å². The number of para-hydroxylation sites is 1. The lowest BCUT2D eigenvalue weighted by Gasteiger charge is -2.18. The third kappa shape index (κ3) is 6.49. The Morgan fingerprint density at radius 3 is 2.34 bits per heavy atom. The molecule has 0 spiro atoms. The first-order valence-electron chi connectivity index (χ1n) is 14.3. The fourth-order valence-electron chi connectivity index (χ4n) is 5.32. The Morgan fingerprint density at radius 1 is 0.886 bits per heavy atom. The molecule has 5 rings (SSSR count). The van der Waals surface area contributed by atoms with Gasteiger partial charge in [-0.3, -0.25) is 9.69 Å². The van der Waals surface area contributed by atoms with Crippen LogP contribution < -0.4 is 19.6 Å². The van der Waals surface area contributed by atoms with E-state index in [2.05, 4.69) is 4.90 Å². The molecule has 0 fully saturated rings. The molecule has 2 heterocycles. The summed E-state index contributed by atoms with van der Waals surface area (Å²) in [7, 11) is 6.93. The van der Waals surface area contributed by atoms with Gasteiger partial charge in [0.1, 0.15) is 27.6 Å². The number of carbonyl (C=O) groups excluding carboxylic acids is 1. The van der Waals surface area contributed by atoms with E-state index in [1.54, 1.807) is 34.4 Å². The van der Waals surface area contributed by atoms with Crippen LogP contribution in [0.5, 0.6) is 17.2 Å². The van der Waals surface area contributed by atoms with Crippen LogP contribution in [0.25, 0.3) is 20.7 Å². The molecule has 5 aromatic rings. The molecule has 8 nitrogen and oxygen atoms in total. The molecule has 228 valence electrons. The van der Waals surface area contributed by atoms with E-state index in [0.717, 1.165) is 49.2 Å². The average molecular weight is 613 g/mol. The smallest absolute Gasteiger partial charge is 0.343 e. The van der Waals surface area contributed by atoms with Crippen LogP contribution in [0, 0.1) is 0 Å². The van der Waals surface area contributed by atoms with Gasteiger partial charge in [0.15, 0.2) is 0 Å². The van der Waals surface area contributed by atoms with Crippen molar-refractivity contribution in [1.82, 2.24) is 9.47 Å². The van der Waals surface area contributed by atoms with Gasteiger partial charge in [0.2, 0.25) is 5.43 Å². The number of hydrogen-bond acceptors (Lipinski definition) is 8. The zero-order valence-corrected chi connectivity index (χ0v) is 26.4. The lowest BCUT2D eigenvalue weighted by atomic mass is 10.0. The minimum atomic E-state index is -0.638. The number of pyridine rings is 1. The highest BCUT2D eigenvalue weighted by Crippen LogP contribution is 2.39. The molecule has 0 unspecified atom stereocenters. The monoisotopic (exact) mass is 612 g/mol. The van der Waals surface area contributed by atoms with Crippen molar-refractivity contribution in [2.24, 2.45) is 0 Å². The number of aromatic nitrogens is 1. The second-order valence-corrected chi connectivity index (χ2v) is 11.4. The van der Waals surface area contributed by atoms with E-state index in [0.29, 0.717) is 25.0 Å². The molecule has 0 atom stereocenters. The first-order chi connectivity index (χ1) is 21.4. The van der Waals surface area contributed by atoms with Crippen LogP contribution >= 0.6 is 11.3 Å².